The lowest BCUT2D eigenvalue weighted by atomic mass is 9.95. The first-order valence-electron chi connectivity index (χ1n) is 10.9. The van der Waals surface area contributed by atoms with Crippen molar-refractivity contribution in [3.63, 3.8) is 0 Å². The normalized spacial score (nSPS) is 15.1. The van der Waals surface area contributed by atoms with Crippen LogP contribution in [0.1, 0.15) is 43.0 Å². The maximum Gasteiger partial charge on any atom is 0.338 e. The number of benzene rings is 2. The molecule has 4 rings (SSSR count). The SMILES string of the molecule is CCCSc1nc2n(n1)C(c1cccc(OCc3ccccc3C)c1)C(C(=O)OC)=C(C)N2. The number of allylic oxidation sites excluding steroid dienone is 1. The standard InChI is InChI=1S/C25H28N4O3S/c1-5-13-33-25-27-24-26-17(3)21(23(30)31-4)22(29(24)28-25)18-11-8-12-20(14-18)32-15-19-10-7-6-9-16(19)2/h6-12,14,22H,5,13,15H2,1-4H3,(H,26,27,28). The van der Waals surface area contributed by atoms with Gasteiger partial charge in [0.1, 0.15) is 18.4 Å². The molecule has 0 saturated heterocycles. The van der Waals surface area contributed by atoms with E-state index in [1.807, 2.05) is 43.3 Å². The lowest BCUT2D eigenvalue weighted by Gasteiger charge is -2.28. The van der Waals surface area contributed by atoms with E-state index in [1.165, 1.54) is 12.7 Å². The lowest BCUT2D eigenvalue weighted by molar-refractivity contribution is -0.136. The number of ether oxygens (including phenoxy) is 2. The van der Waals surface area contributed by atoms with E-state index in [1.54, 1.807) is 16.4 Å². The number of esters is 1. The van der Waals surface area contributed by atoms with Crippen molar-refractivity contribution in [2.24, 2.45) is 0 Å². The van der Waals surface area contributed by atoms with Crippen LogP contribution in [-0.2, 0) is 16.1 Å². The molecule has 7 nitrogen and oxygen atoms in total. The van der Waals surface area contributed by atoms with E-state index in [9.17, 15) is 4.79 Å². The van der Waals surface area contributed by atoms with Crippen molar-refractivity contribution >= 4 is 23.7 Å². The van der Waals surface area contributed by atoms with Crippen molar-refractivity contribution in [1.82, 2.24) is 14.8 Å². The van der Waals surface area contributed by atoms with Crippen LogP contribution in [0.25, 0.3) is 0 Å². The summed E-state index contributed by atoms with van der Waals surface area (Å²) >= 11 is 1.60. The Balaban J connectivity index is 1.69. The fourth-order valence-electron chi connectivity index (χ4n) is 3.78. The van der Waals surface area contributed by atoms with Crippen LogP contribution in [0.2, 0.25) is 0 Å². The third-order valence-electron chi connectivity index (χ3n) is 5.50. The molecule has 3 aromatic rings. The maximum atomic E-state index is 12.8. The summed E-state index contributed by atoms with van der Waals surface area (Å²) in [6.07, 6.45) is 1.02. The van der Waals surface area contributed by atoms with Crippen LogP contribution in [0, 0.1) is 6.92 Å². The van der Waals surface area contributed by atoms with Gasteiger partial charge in [-0.3, -0.25) is 0 Å². The van der Waals surface area contributed by atoms with Gasteiger partial charge >= 0.3 is 5.97 Å². The van der Waals surface area contributed by atoms with Crippen molar-refractivity contribution in [3.8, 4) is 5.75 Å². The summed E-state index contributed by atoms with van der Waals surface area (Å²) in [6.45, 7) is 6.51. The smallest absolute Gasteiger partial charge is 0.338 e. The second kappa shape index (κ2) is 10.1. The number of nitrogens with one attached hydrogen (secondary N) is 1. The van der Waals surface area contributed by atoms with Crippen LogP contribution in [0.15, 0.2) is 65.0 Å². The van der Waals surface area contributed by atoms with Gasteiger partial charge in [0, 0.05) is 11.4 Å². The Morgan fingerprint density at radius 2 is 2.00 bits per heavy atom. The third-order valence-corrected chi connectivity index (χ3v) is 6.55. The highest BCUT2D eigenvalue weighted by molar-refractivity contribution is 7.99. The molecule has 8 heteroatoms. The molecule has 0 amide bonds. The van der Waals surface area contributed by atoms with E-state index in [0.717, 1.165) is 29.1 Å². The van der Waals surface area contributed by atoms with Gasteiger partial charge in [0.2, 0.25) is 11.1 Å². The molecule has 1 aromatic heterocycles. The van der Waals surface area contributed by atoms with Gasteiger partial charge in [0.15, 0.2) is 0 Å². The van der Waals surface area contributed by atoms with Crippen LogP contribution in [0.4, 0.5) is 5.95 Å². The number of thioether (sulfide) groups is 1. The summed E-state index contributed by atoms with van der Waals surface area (Å²) in [5, 5.41) is 8.59. The number of anilines is 1. The fraction of sp³-hybridized carbons (Fsp3) is 0.320. The predicted octanol–water partition coefficient (Wildman–Crippen LogP) is 5.13. The van der Waals surface area contributed by atoms with Crippen molar-refractivity contribution in [2.75, 3.05) is 18.2 Å². The van der Waals surface area contributed by atoms with Crippen LogP contribution in [0.5, 0.6) is 5.75 Å². The van der Waals surface area contributed by atoms with Gasteiger partial charge in [-0.1, -0.05) is 55.1 Å². The average Bonchev–Trinajstić information content (AvgIpc) is 3.23. The second-order valence-electron chi connectivity index (χ2n) is 7.86. The topological polar surface area (TPSA) is 78.3 Å². The molecular weight excluding hydrogens is 436 g/mol. The summed E-state index contributed by atoms with van der Waals surface area (Å²) in [5.41, 5.74) is 4.38. The summed E-state index contributed by atoms with van der Waals surface area (Å²) in [4.78, 5) is 17.4. The summed E-state index contributed by atoms with van der Waals surface area (Å²) in [6, 6.07) is 15.5. The van der Waals surface area contributed by atoms with Gasteiger partial charge in [0.05, 0.1) is 12.7 Å². The Hall–Kier alpha value is -3.26. The molecule has 1 unspecified atom stereocenters. The molecule has 1 N–H and O–H groups in total. The molecule has 2 aromatic carbocycles. The van der Waals surface area contributed by atoms with Crippen LogP contribution < -0.4 is 10.1 Å². The van der Waals surface area contributed by atoms with E-state index in [4.69, 9.17) is 14.6 Å². The van der Waals surface area contributed by atoms with E-state index in [0.29, 0.717) is 29.0 Å². The molecule has 33 heavy (non-hydrogen) atoms. The van der Waals surface area contributed by atoms with E-state index in [2.05, 4.69) is 36.3 Å². The minimum atomic E-state index is -0.473. The Bertz CT molecular complexity index is 1190. The predicted molar refractivity (Wildman–Crippen MR) is 129 cm³/mol. The van der Waals surface area contributed by atoms with E-state index >= 15 is 0 Å². The zero-order valence-corrected chi connectivity index (χ0v) is 20.1. The van der Waals surface area contributed by atoms with Crippen molar-refractivity contribution in [3.05, 3.63) is 76.5 Å². The van der Waals surface area contributed by atoms with Crippen LogP contribution in [-0.4, -0.2) is 33.6 Å². The van der Waals surface area contributed by atoms with Crippen LogP contribution >= 0.6 is 11.8 Å². The van der Waals surface area contributed by atoms with Gasteiger partial charge in [-0.15, -0.1) is 5.10 Å². The molecule has 0 saturated carbocycles. The molecule has 0 bridgehead atoms. The number of carbonyl (C=O) groups excluding carboxylic acids is 1. The average molecular weight is 465 g/mol. The summed E-state index contributed by atoms with van der Waals surface area (Å²) in [5.74, 6) is 1.85. The third kappa shape index (κ3) is 4.90. The first-order chi connectivity index (χ1) is 16.0. The number of fused-ring (bicyclic) bond motifs is 1. The molecule has 0 aliphatic carbocycles. The summed E-state index contributed by atoms with van der Waals surface area (Å²) < 4.78 is 13.0. The maximum absolute atomic E-state index is 12.8. The fourth-order valence-corrected chi connectivity index (χ4v) is 4.46. The number of rotatable bonds is 8. The van der Waals surface area contributed by atoms with E-state index in [-0.39, 0.29) is 0 Å². The first kappa shape index (κ1) is 22.9. The van der Waals surface area contributed by atoms with Crippen molar-refractivity contribution in [2.45, 2.75) is 45.0 Å². The number of hydrogen-bond acceptors (Lipinski definition) is 7. The molecule has 172 valence electrons. The molecule has 1 atom stereocenters. The number of aromatic nitrogens is 3. The molecule has 2 heterocycles. The van der Waals surface area contributed by atoms with Crippen molar-refractivity contribution < 1.29 is 14.3 Å². The number of hydrogen-bond donors (Lipinski definition) is 1. The lowest BCUT2D eigenvalue weighted by Crippen LogP contribution is -2.29. The number of methoxy groups -OCH3 is 1. The minimum Gasteiger partial charge on any atom is -0.489 e. The highest BCUT2D eigenvalue weighted by atomic mass is 32.2. The first-order valence-corrected chi connectivity index (χ1v) is 11.9. The Morgan fingerprint density at radius 1 is 1.18 bits per heavy atom. The van der Waals surface area contributed by atoms with Gasteiger partial charge in [-0.2, -0.15) is 4.98 Å². The number of carbonyl (C=O) groups is 1. The van der Waals surface area contributed by atoms with Gasteiger partial charge in [0.25, 0.3) is 0 Å². The van der Waals surface area contributed by atoms with E-state index < -0.39 is 12.0 Å². The van der Waals surface area contributed by atoms with Crippen molar-refractivity contribution in [1.29, 1.82) is 0 Å². The molecular formula is C25H28N4O3S. The highest BCUT2D eigenvalue weighted by Gasteiger charge is 2.35. The molecule has 0 radical (unpaired) electrons. The zero-order valence-electron chi connectivity index (χ0n) is 19.3. The molecule has 0 fully saturated rings. The quantitative estimate of drug-likeness (QED) is 0.366. The Morgan fingerprint density at radius 3 is 2.76 bits per heavy atom. The largest absolute Gasteiger partial charge is 0.489 e. The molecule has 1 aliphatic heterocycles. The van der Waals surface area contributed by atoms with Crippen LogP contribution in [0.3, 0.4) is 0 Å². The minimum absolute atomic E-state index is 0.403. The molecule has 1 aliphatic rings. The highest BCUT2D eigenvalue weighted by Crippen LogP contribution is 2.37. The van der Waals surface area contributed by atoms with Gasteiger partial charge in [-0.05, 0) is 49.1 Å². The summed E-state index contributed by atoms with van der Waals surface area (Å²) in [7, 11) is 1.39. The number of aryl methyl sites for hydroxylation is 1. The Labute approximate surface area is 198 Å². The Kier molecular flexibility index (Phi) is 7.03. The second-order valence-corrected chi connectivity index (χ2v) is 8.92. The molecule has 0 spiro atoms. The van der Waals surface area contributed by atoms with Gasteiger partial charge in [-0.25, -0.2) is 9.48 Å². The monoisotopic (exact) mass is 464 g/mol. The zero-order chi connectivity index (χ0) is 23.4. The van der Waals surface area contributed by atoms with Gasteiger partial charge < -0.3 is 14.8 Å². The number of nitrogens with zero attached hydrogens (tertiary/aromatic N) is 3.